The summed E-state index contributed by atoms with van der Waals surface area (Å²) < 4.78 is 5.00. The van der Waals surface area contributed by atoms with Crippen LogP contribution in [0, 0.1) is 6.92 Å². The van der Waals surface area contributed by atoms with Gasteiger partial charge in [-0.15, -0.1) is 11.3 Å². The van der Waals surface area contributed by atoms with Crippen molar-refractivity contribution >= 4 is 17.3 Å². The third kappa shape index (κ3) is 5.65. The van der Waals surface area contributed by atoms with Gasteiger partial charge in [0.05, 0.1) is 17.3 Å². The van der Waals surface area contributed by atoms with Gasteiger partial charge in [0.25, 0.3) is 0 Å². The molecule has 96 valence electrons. The first-order valence-electron chi connectivity index (χ1n) is 5.58. The monoisotopic (exact) mass is 256 g/mol. The largest absolute Gasteiger partial charge is 0.383 e. The van der Waals surface area contributed by atoms with Crippen LogP contribution in [0.15, 0.2) is 10.4 Å². The quantitative estimate of drug-likeness (QED) is 0.587. The van der Waals surface area contributed by atoms with Gasteiger partial charge >= 0.3 is 0 Å². The lowest BCUT2D eigenvalue weighted by molar-refractivity contribution is 0.179. The molecule has 1 aromatic rings. The van der Waals surface area contributed by atoms with E-state index in [-0.39, 0.29) is 6.04 Å². The molecule has 1 heterocycles. The molecule has 0 spiro atoms. The fourth-order valence-corrected chi connectivity index (χ4v) is 2.05. The molecular formula is C11H20N4OS. The maximum atomic E-state index is 5.74. The molecule has 6 heteroatoms. The van der Waals surface area contributed by atoms with Crippen LogP contribution in [0.2, 0.25) is 0 Å². The smallest absolute Gasteiger partial charge is 0.188 e. The number of thiazole rings is 1. The first-order chi connectivity index (χ1) is 8.11. The van der Waals surface area contributed by atoms with Crippen molar-refractivity contribution in [3.05, 3.63) is 16.1 Å². The number of aryl methyl sites for hydroxylation is 1. The van der Waals surface area contributed by atoms with Crippen molar-refractivity contribution in [1.29, 1.82) is 0 Å². The first-order valence-corrected chi connectivity index (χ1v) is 6.46. The van der Waals surface area contributed by atoms with Gasteiger partial charge in [0.15, 0.2) is 5.96 Å². The van der Waals surface area contributed by atoms with Crippen LogP contribution in [-0.4, -0.2) is 37.2 Å². The van der Waals surface area contributed by atoms with Gasteiger partial charge in [0, 0.05) is 31.5 Å². The Kier molecular flexibility index (Phi) is 5.93. The van der Waals surface area contributed by atoms with E-state index in [0.29, 0.717) is 19.1 Å². The maximum Gasteiger partial charge on any atom is 0.188 e. The summed E-state index contributed by atoms with van der Waals surface area (Å²) in [7, 11) is 1.66. The molecule has 0 radical (unpaired) electrons. The molecule has 1 unspecified atom stereocenters. The van der Waals surface area contributed by atoms with Crippen LogP contribution >= 0.6 is 11.3 Å². The number of nitrogens with one attached hydrogen (secondary N) is 1. The third-order valence-corrected chi connectivity index (χ3v) is 2.95. The summed E-state index contributed by atoms with van der Waals surface area (Å²) in [6.07, 6.45) is 0.825. The summed E-state index contributed by atoms with van der Waals surface area (Å²) in [6, 6.07) is 0.172. The van der Waals surface area contributed by atoms with E-state index in [4.69, 9.17) is 10.5 Å². The predicted molar refractivity (Wildman–Crippen MR) is 71.5 cm³/mol. The Hall–Kier alpha value is -1.14. The summed E-state index contributed by atoms with van der Waals surface area (Å²) in [6.45, 7) is 5.26. The van der Waals surface area contributed by atoms with E-state index in [1.165, 1.54) is 0 Å². The fourth-order valence-electron chi connectivity index (χ4n) is 1.40. The SMILES string of the molecule is COCC(C)NC(N)=NCCc1csc(C)n1. The lowest BCUT2D eigenvalue weighted by Gasteiger charge is -2.12. The minimum Gasteiger partial charge on any atom is -0.383 e. The maximum absolute atomic E-state index is 5.74. The number of rotatable bonds is 6. The van der Waals surface area contributed by atoms with Crippen molar-refractivity contribution < 1.29 is 4.74 Å². The van der Waals surface area contributed by atoms with Crippen LogP contribution in [0.25, 0.3) is 0 Å². The highest BCUT2D eigenvalue weighted by molar-refractivity contribution is 7.09. The topological polar surface area (TPSA) is 72.5 Å². The van der Waals surface area contributed by atoms with Gasteiger partial charge in [-0.25, -0.2) is 4.98 Å². The minimum absolute atomic E-state index is 0.172. The number of nitrogens with zero attached hydrogens (tertiary/aromatic N) is 2. The lowest BCUT2D eigenvalue weighted by atomic mass is 10.3. The molecule has 0 aliphatic carbocycles. The molecule has 0 aliphatic rings. The Morgan fingerprint density at radius 2 is 2.47 bits per heavy atom. The van der Waals surface area contributed by atoms with Gasteiger partial charge in [-0.3, -0.25) is 4.99 Å². The van der Waals surface area contributed by atoms with Crippen molar-refractivity contribution in [2.24, 2.45) is 10.7 Å². The number of aromatic nitrogens is 1. The molecule has 3 N–H and O–H groups in total. The molecule has 0 bridgehead atoms. The highest BCUT2D eigenvalue weighted by atomic mass is 32.1. The summed E-state index contributed by atoms with van der Waals surface area (Å²) in [5.74, 6) is 0.460. The van der Waals surface area contributed by atoms with Crippen LogP contribution in [0.4, 0.5) is 0 Å². The van der Waals surface area contributed by atoms with Crippen molar-refractivity contribution in [2.75, 3.05) is 20.3 Å². The highest BCUT2D eigenvalue weighted by Crippen LogP contribution is 2.08. The van der Waals surface area contributed by atoms with E-state index in [9.17, 15) is 0 Å². The van der Waals surface area contributed by atoms with E-state index in [1.54, 1.807) is 18.4 Å². The Bertz CT molecular complexity index is 364. The number of hydrogen-bond acceptors (Lipinski definition) is 4. The standard InChI is InChI=1S/C11H20N4OS/c1-8(6-16-3)14-11(12)13-5-4-10-7-17-9(2)15-10/h7-8H,4-6H2,1-3H3,(H3,12,13,14). The molecule has 17 heavy (non-hydrogen) atoms. The number of guanidine groups is 1. The second-order valence-corrected chi connectivity index (χ2v) is 4.94. The first kappa shape index (κ1) is 13.9. The van der Waals surface area contributed by atoms with Crippen LogP contribution in [0.5, 0.6) is 0 Å². The van der Waals surface area contributed by atoms with Crippen LogP contribution in [0.1, 0.15) is 17.6 Å². The Morgan fingerprint density at radius 3 is 3.06 bits per heavy atom. The zero-order chi connectivity index (χ0) is 12.7. The number of ether oxygens (including phenoxy) is 1. The summed E-state index contributed by atoms with van der Waals surface area (Å²) in [5, 5.41) is 6.20. The Labute approximate surface area is 106 Å². The van der Waals surface area contributed by atoms with Crippen molar-refractivity contribution in [1.82, 2.24) is 10.3 Å². The fraction of sp³-hybridized carbons (Fsp3) is 0.636. The zero-order valence-electron chi connectivity index (χ0n) is 10.6. The molecule has 1 rings (SSSR count). The molecule has 0 fully saturated rings. The molecule has 0 amide bonds. The third-order valence-electron chi connectivity index (χ3n) is 2.13. The van der Waals surface area contributed by atoms with Crippen LogP contribution in [0.3, 0.4) is 0 Å². The summed E-state index contributed by atoms with van der Waals surface area (Å²) in [5.41, 5.74) is 6.82. The number of methoxy groups -OCH3 is 1. The average molecular weight is 256 g/mol. The van der Waals surface area contributed by atoms with Crippen molar-refractivity contribution in [3.8, 4) is 0 Å². The molecule has 0 aliphatic heterocycles. The van der Waals surface area contributed by atoms with Gasteiger partial charge in [0.2, 0.25) is 0 Å². The lowest BCUT2D eigenvalue weighted by Crippen LogP contribution is -2.40. The van der Waals surface area contributed by atoms with Crippen molar-refractivity contribution in [3.63, 3.8) is 0 Å². The van der Waals surface area contributed by atoms with Crippen LogP contribution in [-0.2, 0) is 11.2 Å². The van der Waals surface area contributed by atoms with Gasteiger partial charge < -0.3 is 15.8 Å². The van der Waals surface area contributed by atoms with E-state index in [0.717, 1.165) is 17.1 Å². The Balaban J connectivity index is 2.28. The second-order valence-electron chi connectivity index (χ2n) is 3.88. The van der Waals surface area contributed by atoms with Gasteiger partial charge in [-0.05, 0) is 13.8 Å². The van der Waals surface area contributed by atoms with Crippen molar-refractivity contribution in [2.45, 2.75) is 26.3 Å². The average Bonchev–Trinajstić information content (AvgIpc) is 2.64. The number of aliphatic imine (C=N–C) groups is 1. The molecule has 1 aromatic heterocycles. The molecule has 0 saturated carbocycles. The normalized spacial score (nSPS) is 13.7. The summed E-state index contributed by atoms with van der Waals surface area (Å²) in [4.78, 5) is 8.61. The second kappa shape index (κ2) is 7.24. The number of hydrogen-bond donors (Lipinski definition) is 2. The van der Waals surface area contributed by atoms with Gasteiger partial charge in [-0.1, -0.05) is 0 Å². The summed E-state index contributed by atoms with van der Waals surface area (Å²) >= 11 is 1.66. The van der Waals surface area contributed by atoms with E-state index in [2.05, 4.69) is 20.7 Å². The molecule has 0 aromatic carbocycles. The highest BCUT2D eigenvalue weighted by Gasteiger charge is 2.01. The molecule has 0 saturated heterocycles. The zero-order valence-corrected chi connectivity index (χ0v) is 11.4. The van der Waals surface area contributed by atoms with E-state index < -0.39 is 0 Å². The van der Waals surface area contributed by atoms with E-state index >= 15 is 0 Å². The van der Waals surface area contributed by atoms with E-state index in [1.807, 2.05) is 13.8 Å². The number of nitrogens with two attached hydrogens (primary N) is 1. The van der Waals surface area contributed by atoms with Gasteiger partial charge in [0.1, 0.15) is 0 Å². The predicted octanol–water partition coefficient (Wildman–Crippen LogP) is 0.933. The molecule has 5 nitrogen and oxygen atoms in total. The molecular weight excluding hydrogens is 236 g/mol. The molecule has 1 atom stereocenters. The van der Waals surface area contributed by atoms with Crippen LogP contribution < -0.4 is 11.1 Å². The Morgan fingerprint density at radius 1 is 1.71 bits per heavy atom. The minimum atomic E-state index is 0.172. The van der Waals surface area contributed by atoms with Gasteiger partial charge in [-0.2, -0.15) is 0 Å².